The van der Waals surface area contributed by atoms with Gasteiger partial charge >= 0.3 is 6.09 Å². The summed E-state index contributed by atoms with van der Waals surface area (Å²) in [4.78, 5) is 41.5. The molecule has 1 aliphatic heterocycles. The summed E-state index contributed by atoms with van der Waals surface area (Å²) in [6.07, 6.45) is 0.792. The molecule has 0 radical (unpaired) electrons. The van der Waals surface area contributed by atoms with Gasteiger partial charge in [-0.15, -0.1) is 0 Å². The summed E-state index contributed by atoms with van der Waals surface area (Å²) in [7, 11) is 1.81. The quantitative estimate of drug-likeness (QED) is 0.263. The highest BCUT2D eigenvalue weighted by Crippen LogP contribution is 2.35. The predicted octanol–water partition coefficient (Wildman–Crippen LogP) is 3.03. The molecule has 0 bridgehead atoms. The van der Waals surface area contributed by atoms with Crippen LogP contribution in [0.25, 0.3) is 11.6 Å². The van der Waals surface area contributed by atoms with Gasteiger partial charge in [0.15, 0.2) is 0 Å². The molecule has 0 fully saturated rings. The minimum atomic E-state index is -0.709. The van der Waals surface area contributed by atoms with E-state index in [0.717, 1.165) is 13.1 Å². The van der Waals surface area contributed by atoms with E-state index in [1.807, 2.05) is 7.05 Å². The number of nitrogens with one attached hydrogen (secondary N) is 3. The van der Waals surface area contributed by atoms with Gasteiger partial charge in [-0.25, -0.2) is 13.8 Å². The van der Waals surface area contributed by atoms with Gasteiger partial charge < -0.3 is 30.3 Å². The average Bonchev–Trinajstić information content (AvgIpc) is 3.35. The number of aromatic nitrogens is 1. The molecular formula is C28H38FN5O5. The van der Waals surface area contributed by atoms with E-state index in [1.54, 1.807) is 13.8 Å². The predicted molar refractivity (Wildman–Crippen MR) is 148 cm³/mol. The highest BCUT2D eigenvalue weighted by molar-refractivity contribution is 6.35. The van der Waals surface area contributed by atoms with Crippen LogP contribution < -0.4 is 16.0 Å². The molecule has 212 valence electrons. The van der Waals surface area contributed by atoms with Crippen LogP contribution in [0.5, 0.6) is 0 Å². The lowest BCUT2D eigenvalue weighted by Gasteiger charge is -2.18. The maximum absolute atomic E-state index is 14.0. The number of rotatable bonds is 13. The number of fused-ring (bicyclic) bond motifs is 1. The largest absolute Gasteiger partial charge is 0.446 e. The summed E-state index contributed by atoms with van der Waals surface area (Å²) >= 11 is 0. The number of carbonyl (C=O) groups excluding carboxylic acids is 3. The first-order chi connectivity index (χ1) is 18.7. The van der Waals surface area contributed by atoms with Crippen LogP contribution in [0.15, 0.2) is 18.2 Å². The zero-order valence-electron chi connectivity index (χ0n) is 23.3. The van der Waals surface area contributed by atoms with Gasteiger partial charge in [-0.2, -0.15) is 0 Å². The Morgan fingerprint density at radius 1 is 1.13 bits per heavy atom. The van der Waals surface area contributed by atoms with E-state index in [9.17, 15) is 18.8 Å². The lowest BCUT2D eigenvalue weighted by atomic mass is 10.0. The topological polar surface area (TPSA) is 114 Å². The number of halogens is 1. The van der Waals surface area contributed by atoms with Crippen molar-refractivity contribution in [3.05, 3.63) is 52.1 Å². The van der Waals surface area contributed by atoms with E-state index in [1.165, 1.54) is 28.8 Å². The second-order valence-corrected chi connectivity index (χ2v) is 9.12. The van der Waals surface area contributed by atoms with Crippen molar-refractivity contribution in [1.29, 1.82) is 0 Å². The van der Waals surface area contributed by atoms with Crippen molar-refractivity contribution in [3.63, 3.8) is 0 Å². The van der Waals surface area contributed by atoms with Gasteiger partial charge in [0.2, 0.25) is 0 Å². The molecule has 3 N–H and O–H groups in total. The highest BCUT2D eigenvalue weighted by Gasteiger charge is 2.29. The fourth-order valence-corrected chi connectivity index (χ4v) is 4.53. The Labute approximate surface area is 228 Å². The monoisotopic (exact) mass is 543 g/mol. The highest BCUT2D eigenvalue weighted by atomic mass is 19.1. The molecular weight excluding hydrogens is 505 g/mol. The maximum Gasteiger partial charge on any atom is 0.418 e. The number of carbonyl (C=O) groups is 3. The van der Waals surface area contributed by atoms with Crippen LogP contribution in [-0.4, -0.2) is 87.0 Å². The lowest BCUT2D eigenvalue weighted by molar-refractivity contribution is -0.110. The fourth-order valence-electron chi connectivity index (χ4n) is 4.53. The van der Waals surface area contributed by atoms with Gasteiger partial charge in [-0.1, -0.05) is 13.8 Å². The Morgan fingerprint density at radius 2 is 1.87 bits per heavy atom. The molecule has 0 saturated heterocycles. The van der Waals surface area contributed by atoms with Crippen molar-refractivity contribution in [2.24, 2.45) is 0 Å². The molecule has 0 unspecified atom stereocenters. The first-order valence-corrected chi connectivity index (χ1v) is 13.2. The van der Waals surface area contributed by atoms with Crippen LogP contribution in [0.3, 0.4) is 0 Å². The Kier molecular flexibility index (Phi) is 10.8. The Morgan fingerprint density at radius 3 is 2.56 bits per heavy atom. The maximum atomic E-state index is 14.0. The third kappa shape index (κ3) is 7.11. The molecule has 2 amide bonds. The second-order valence-electron chi connectivity index (χ2n) is 9.12. The van der Waals surface area contributed by atoms with Gasteiger partial charge in [-0.05, 0) is 63.8 Å². The number of benzene rings is 1. The molecule has 0 spiro atoms. The third-order valence-electron chi connectivity index (χ3n) is 6.71. The summed E-state index contributed by atoms with van der Waals surface area (Å²) in [5, 5.41) is 8.61. The van der Waals surface area contributed by atoms with Crippen molar-refractivity contribution in [3.8, 4) is 0 Å². The van der Waals surface area contributed by atoms with E-state index in [4.69, 9.17) is 9.47 Å². The van der Waals surface area contributed by atoms with Gasteiger partial charge in [0.1, 0.15) is 12.4 Å². The van der Waals surface area contributed by atoms with E-state index >= 15 is 0 Å². The number of nitrogens with zero attached hydrogens (tertiary/aromatic N) is 2. The zero-order valence-corrected chi connectivity index (χ0v) is 23.3. The molecule has 2 heterocycles. The normalized spacial score (nSPS) is 13.6. The number of likely N-dealkylation sites (N-methyl/N-ethyl adjacent to an activating group) is 2. The standard InChI is InChI=1S/C28H38FN5O5/c1-6-33(7-2)12-10-31-27(36)25-18(3)24(17-22-21-16-20(29)8-9-23(21)32-26(22)35)34(19(25)4)28(37)39-15-14-38-13-11-30-5/h8-9,16-17,30H,6-7,10-15H2,1-5H3,(H,31,36)(H,32,35)/b22-17-. The Bertz CT molecular complexity index is 1240. The van der Waals surface area contributed by atoms with Crippen LogP contribution >= 0.6 is 0 Å². The summed E-state index contributed by atoms with van der Waals surface area (Å²) in [5.41, 5.74) is 2.53. The number of anilines is 1. The smallest absolute Gasteiger partial charge is 0.418 e. The van der Waals surface area contributed by atoms with E-state index < -0.39 is 17.8 Å². The summed E-state index contributed by atoms with van der Waals surface area (Å²) in [6, 6.07) is 4.00. The third-order valence-corrected chi connectivity index (χ3v) is 6.71. The Balaban J connectivity index is 1.96. The molecule has 0 atom stereocenters. The number of hydrogen-bond donors (Lipinski definition) is 3. The lowest BCUT2D eigenvalue weighted by Crippen LogP contribution is -2.35. The van der Waals surface area contributed by atoms with Crippen LogP contribution in [0, 0.1) is 19.7 Å². The first kappa shape index (κ1) is 30.0. The van der Waals surface area contributed by atoms with Crippen molar-refractivity contribution in [1.82, 2.24) is 20.1 Å². The minimum absolute atomic E-state index is 0.00908. The van der Waals surface area contributed by atoms with Crippen LogP contribution in [0.2, 0.25) is 0 Å². The molecule has 10 nitrogen and oxygen atoms in total. The summed E-state index contributed by atoms with van der Waals surface area (Å²) in [6.45, 7) is 11.7. The average molecular weight is 544 g/mol. The molecule has 2 aromatic rings. The van der Waals surface area contributed by atoms with E-state index in [0.29, 0.717) is 60.0 Å². The van der Waals surface area contributed by atoms with Crippen LogP contribution in [0.4, 0.5) is 14.9 Å². The van der Waals surface area contributed by atoms with Gasteiger partial charge in [0, 0.05) is 36.6 Å². The molecule has 39 heavy (non-hydrogen) atoms. The second kappa shape index (κ2) is 14.0. The summed E-state index contributed by atoms with van der Waals surface area (Å²) in [5.74, 6) is -1.26. The van der Waals surface area contributed by atoms with Gasteiger partial charge in [0.25, 0.3) is 11.8 Å². The molecule has 1 aliphatic rings. The molecule has 1 aromatic heterocycles. The Hall–Kier alpha value is -3.54. The zero-order chi connectivity index (χ0) is 28.5. The fraction of sp³-hybridized carbons (Fsp3) is 0.464. The van der Waals surface area contributed by atoms with Crippen molar-refractivity contribution < 1.29 is 28.2 Å². The van der Waals surface area contributed by atoms with E-state index in [2.05, 4.69) is 34.7 Å². The minimum Gasteiger partial charge on any atom is -0.446 e. The van der Waals surface area contributed by atoms with Crippen molar-refractivity contribution in [2.75, 3.05) is 64.9 Å². The van der Waals surface area contributed by atoms with Crippen molar-refractivity contribution in [2.45, 2.75) is 27.7 Å². The SMILES string of the molecule is CCN(CC)CCNC(=O)c1c(C)c(/C=C2\C(=O)Nc3ccc(F)cc32)n(C(=O)OCCOCCNC)c1C. The van der Waals surface area contributed by atoms with Gasteiger partial charge in [-0.3, -0.25) is 9.59 Å². The molecule has 0 aliphatic carbocycles. The molecule has 11 heteroatoms. The van der Waals surface area contributed by atoms with Crippen molar-refractivity contribution >= 4 is 35.2 Å². The number of hydrogen-bond acceptors (Lipinski definition) is 7. The first-order valence-electron chi connectivity index (χ1n) is 13.2. The summed E-state index contributed by atoms with van der Waals surface area (Å²) < 4.78 is 26.2. The van der Waals surface area contributed by atoms with Crippen LogP contribution in [0.1, 0.15) is 46.7 Å². The number of ether oxygens (including phenoxy) is 2. The molecule has 0 saturated carbocycles. The van der Waals surface area contributed by atoms with Crippen LogP contribution in [-0.2, 0) is 14.3 Å². The molecule has 3 rings (SSSR count). The molecule has 1 aromatic carbocycles. The number of amides is 2. The van der Waals surface area contributed by atoms with Gasteiger partial charge in [0.05, 0.1) is 30.0 Å². The van der Waals surface area contributed by atoms with E-state index in [-0.39, 0.29) is 24.7 Å².